The number of hydrogen-bond acceptors (Lipinski definition) is 3. The standard InChI is InChI=1S/C15H12BrFN2OS/c16-14-6-4-12(21-14)9-19-15(20)13-5-3-11(17)8-10(13)2-1-7-18/h3-6,8H,7,9,18H2,(H,19,20). The van der Waals surface area contributed by atoms with Crippen LogP contribution in [0.3, 0.4) is 0 Å². The van der Waals surface area contributed by atoms with E-state index >= 15 is 0 Å². The molecule has 0 aliphatic carbocycles. The van der Waals surface area contributed by atoms with Gasteiger partial charge < -0.3 is 11.1 Å². The Kier molecular flexibility index (Phi) is 5.51. The summed E-state index contributed by atoms with van der Waals surface area (Å²) in [5.41, 5.74) is 5.99. The summed E-state index contributed by atoms with van der Waals surface area (Å²) < 4.78 is 14.3. The van der Waals surface area contributed by atoms with Crippen molar-refractivity contribution in [2.24, 2.45) is 5.73 Å². The summed E-state index contributed by atoms with van der Waals surface area (Å²) in [5, 5.41) is 2.79. The molecule has 0 aliphatic rings. The fourth-order valence-corrected chi connectivity index (χ4v) is 3.10. The molecule has 6 heteroatoms. The second-order valence-corrected chi connectivity index (χ2v) is 6.63. The zero-order valence-corrected chi connectivity index (χ0v) is 13.4. The highest BCUT2D eigenvalue weighted by atomic mass is 79.9. The van der Waals surface area contributed by atoms with E-state index in [9.17, 15) is 9.18 Å². The van der Waals surface area contributed by atoms with Crippen LogP contribution in [0.2, 0.25) is 0 Å². The summed E-state index contributed by atoms with van der Waals surface area (Å²) in [5.74, 6) is 4.62. The van der Waals surface area contributed by atoms with Crippen molar-refractivity contribution in [3.8, 4) is 11.8 Å². The summed E-state index contributed by atoms with van der Waals surface area (Å²) in [4.78, 5) is 13.2. The van der Waals surface area contributed by atoms with Gasteiger partial charge in [0.1, 0.15) is 5.82 Å². The number of hydrogen-bond donors (Lipinski definition) is 2. The van der Waals surface area contributed by atoms with Gasteiger partial charge in [-0.25, -0.2) is 4.39 Å². The first-order chi connectivity index (χ1) is 10.1. The van der Waals surface area contributed by atoms with Gasteiger partial charge in [-0.05, 0) is 46.3 Å². The molecular weight excluding hydrogens is 355 g/mol. The van der Waals surface area contributed by atoms with Gasteiger partial charge in [0.15, 0.2) is 0 Å². The van der Waals surface area contributed by atoms with Gasteiger partial charge in [0, 0.05) is 10.4 Å². The first-order valence-electron chi connectivity index (χ1n) is 6.11. The number of halogens is 2. The van der Waals surface area contributed by atoms with Crippen molar-refractivity contribution in [3.05, 3.63) is 55.9 Å². The van der Waals surface area contributed by atoms with E-state index in [-0.39, 0.29) is 12.5 Å². The van der Waals surface area contributed by atoms with Gasteiger partial charge in [0.2, 0.25) is 0 Å². The summed E-state index contributed by atoms with van der Waals surface area (Å²) >= 11 is 4.91. The molecule has 21 heavy (non-hydrogen) atoms. The van der Waals surface area contributed by atoms with Crippen LogP contribution in [0, 0.1) is 17.7 Å². The zero-order valence-electron chi connectivity index (χ0n) is 11.0. The first kappa shape index (κ1) is 15.7. The Morgan fingerprint density at radius 2 is 2.19 bits per heavy atom. The molecule has 0 aliphatic heterocycles. The Bertz CT molecular complexity index is 718. The predicted molar refractivity (Wildman–Crippen MR) is 85.5 cm³/mol. The second-order valence-electron chi connectivity index (χ2n) is 4.08. The average molecular weight is 367 g/mol. The highest BCUT2D eigenvalue weighted by molar-refractivity contribution is 9.11. The van der Waals surface area contributed by atoms with E-state index in [1.165, 1.54) is 18.2 Å². The molecule has 1 aromatic heterocycles. The molecule has 0 bridgehead atoms. The second kappa shape index (κ2) is 7.36. The van der Waals surface area contributed by atoms with Crippen LogP contribution in [0.5, 0.6) is 0 Å². The molecule has 1 amide bonds. The van der Waals surface area contributed by atoms with Gasteiger partial charge >= 0.3 is 0 Å². The van der Waals surface area contributed by atoms with Crippen molar-refractivity contribution in [2.75, 3.05) is 6.54 Å². The fourth-order valence-electron chi connectivity index (χ4n) is 1.67. The molecule has 2 rings (SSSR count). The largest absolute Gasteiger partial charge is 0.347 e. The molecule has 3 N–H and O–H groups in total. The van der Waals surface area contributed by atoms with Crippen LogP contribution >= 0.6 is 27.3 Å². The average Bonchev–Trinajstić information content (AvgIpc) is 2.88. The van der Waals surface area contributed by atoms with Crippen LogP contribution in [-0.4, -0.2) is 12.5 Å². The lowest BCUT2D eigenvalue weighted by Crippen LogP contribution is -2.23. The molecule has 2 aromatic rings. The van der Waals surface area contributed by atoms with Crippen LogP contribution < -0.4 is 11.1 Å². The number of rotatable bonds is 3. The van der Waals surface area contributed by atoms with Gasteiger partial charge in [-0.15, -0.1) is 11.3 Å². The van der Waals surface area contributed by atoms with Gasteiger partial charge in [0.25, 0.3) is 5.91 Å². The Labute approximate surface area is 134 Å². The van der Waals surface area contributed by atoms with Crippen LogP contribution in [0.25, 0.3) is 0 Å². The molecule has 0 unspecified atom stereocenters. The summed E-state index contributed by atoms with van der Waals surface area (Å²) in [6, 6.07) is 7.75. The highest BCUT2D eigenvalue weighted by Crippen LogP contribution is 2.22. The summed E-state index contributed by atoms with van der Waals surface area (Å²) in [6.07, 6.45) is 0. The van der Waals surface area contributed by atoms with Crippen molar-refractivity contribution < 1.29 is 9.18 Å². The maximum atomic E-state index is 13.3. The smallest absolute Gasteiger partial charge is 0.252 e. The number of carbonyl (C=O) groups excluding carboxylic acids is 1. The predicted octanol–water partition coefficient (Wildman–Crippen LogP) is 2.89. The molecule has 0 atom stereocenters. The molecule has 0 fully saturated rings. The van der Waals surface area contributed by atoms with Crippen LogP contribution in [0.15, 0.2) is 34.1 Å². The Balaban J connectivity index is 2.14. The van der Waals surface area contributed by atoms with Gasteiger partial charge in [-0.3, -0.25) is 4.79 Å². The number of carbonyl (C=O) groups is 1. The third kappa shape index (κ3) is 4.39. The molecule has 0 saturated heterocycles. The Morgan fingerprint density at radius 1 is 1.38 bits per heavy atom. The number of benzene rings is 1. The molecule has 0 radical (unpaired) electrons. The fraction of sp³-hybridized carbons (Fsp3) is 0.133. The van der Waals surface area contributed by atoms with Gasteiger partial charge in [-0.1, -0.05) is 11.8 Å². The van der Waals surface area contributed by atoms with Crippen molar-refractivity contribution in [1.29, 1.82) is 0 Å². The Hall–Kier alpha value is -1.68. The SMILES string of the molecule is NCC#Cc1cc(F)ccc1C(=O)NCc1ccc(Br)s1. The van der Waals surface area contributed by atoms with Crippen LogP contribution in [-0.2, 0) is 6.54 Å². The molecule has 1 aromatic carbocycles. The monoisotopic (exact) mass is 366 g/mol. The minimum absolute atomic E-state index is 0.154. The molecule has 3 nitrogen and oxygen atoms in total. The maximum Gasteiger partial charge on any atom is 0.252 e. The van der Waals surface area contributed by atoms with Crippen molar-refractivity contribution in [1.82, 2.24) is 5.32 Å². The third-order valence-corrected chi connectivity index (χ3v) is 4.23. The number of thiophene rings is 1. The summed E-state index contributed by atoms with van der Waals surface area (Å²) in [7, 11) is 0. The van der Waals surface area contributed by atoms with Crippen molar-refractivity contribution >= 4 is 33.2 Å². The van der Waals surface area contributed by atoms with E-state index in [2.05, 4.69) is 33.1 Å². The number of nitrogens with one attached hydrogen (secondary N) is 1. The lowest BCUT2D eigenvalue weighted by atomic mass is 10.1. The Morgan fingerprint density at radius 3 is 2.86 bits per heavy atom. The van der Waals surface area contributed by atoms with E-state index in [0.29, 0.717) is 17.7 Å². The van der Waals surface area contributed by atoms with Crippen molar-refractivity contribution in [3.63, 3.8) is 0 Å². The lowest BCUT2D eigenvalue weighted by molar-refractivity contribution is 0.0951. The normalized spacial score (nSPS) is 9.86. The number of nitrogens with two attached hydrogens (primary N) is 1. The molecular formula is C15H12BrFN2OS. The maximum absolute atomic E-state index is 13.3. The van der Waals surface area contributed by atoms with Crippen LogP contribution in [0.4, 0.5) is 4.39 Å². The topological polar surface area (TPSA) is 55.1 Å². The summed E-state index contributed by atoms with van der Waals surface area (Å²) in [6.45, 7) is 0.566. The van der Waals surface area contributed by atoms with Crippen molar-refractivity contribution in [2.45, 2.75) is 6.54 Å². The zero-order chi connectivity index (χ0) is 15.2. The molecule has 0 spiro atoms. The van der Waals surface area contributed by atoms with E-state index in [0.717, 1.165) is 8.66 Å². The quantitative estimate of drug-likeness (QED) is 0.820. The van der Waals surface area contributed by atoms with Gasteiger partial charge in [0.05, 0.1) is 22.4 Å². The minimum Gasteiger partial charge on any atom is -0.347 e. The van der Waals surface area contributed by atoms with E-state index in [1.54, 1.807) is 11.3 Å². The third-order valence-electron chi connectivity index (χ3n) is 2.60. The highest BCUT2D eigenvalue weighted by Gasteiger charge is 2.11. The molecule has 1 heterocycles. The number of amides is 1. The van der Waals surface area contributed by atoms with Crippen LogP contribution in [0.1, 0.15) is 20.8 Å². The van der Waals surface area contributed by atoms with Gasteiger partial charge in [-0.2, -0.15) is 0 Å². The molecule has 0 saturated carbocycles. The van der Waals surface area contributed by atoms with E-state index in [1.807, 2.05) is 12.1 Å². The first-order valence-corrected chi connectivity index (χ1v) is 7.72. The lowest BCUT2D eigenvalue weighted by Gasteiger charge is -2.06. The van der Waals surface area contributed by atoms with E-state index < -0.39 is 5.82 Å². The minimum atomic E-state index is -0.435. The molecule has 108 valence electrons. The van der Waals surface area contributed by atoms with E-state index in [4.69, 9.17) is 5.73 Å².